The minimum atomic E-state index is -3.27. The van der Waals surface area contributed by atoms with Crippen LogP contribution in [-0.4, -0.2) is 36.8 Å². The number of rotatable bonds is 6. The van der Waals surface area contributed by atoms with Gasteiger partial charge in [-0.2, -0.15) is 0 Å². The second kappa shape index (κ2) is 9.06. The fraction of sp³-hybridized carbons (Fsp3) is 0.462. The van der Waals surface area contributed by atoms with E-state index in [1.807, 2.05) is 39.8 Å². The van der Waals surface area contributed by atoms with E-state index in [0.717, 1.165) is 16.9 Å². The van der Waals surface area contributed by atoms with Gasteiger partial charge in [0, 0.05) is 30.5 Å². The van der Waals surface area contributed by atoms with E-state index in [9.17, 15) is 13.2 Å². The SMILES string of the molecule is CCS(=O)(=O)C1=CC(C)C(OC2=C3CC(C)(C)OC3=CC(C(=O)Nc3ccc(C)cn3)C2)C=C1. The third-order valence-electron chi connectivity index (χ3n) is 6.29. The first-order valence-corrected chi connectivity index (χ1v) is 13.3. The molecule has 1 aromatic rings. The van der Waals surface area contributed by atoms with E-state index in [-0.39, 0.29) is 23.7 Å². The molecule has 1 saturated heterocycles. The maximum atomic E-state index is 13.1. The fourth-order valence-corrected chi connectivity index (χ4v) is 5.39. The zero-order valence-electron chi connectivity index (χ0n) is 20.3. The Labute approximate surface area is 201 Å². The summed E-state index contributed by atoms with van der Waals surface area (Å²) in [6.45, 7) is 9.53. The van der Waals surface area contributed by atoms with E-state index < -0.39 is 21.4 Å². The van der Waals surface area contributed by atoms with E-state index in [2.05, 4.69) is 10.3 Å². The zero-order chi connectivity index (χ0) is 24.7. The van der Waals surface area contributed by atoms with Gasteiger partial charge in [0.15, 0.2) is 9.84 Å². The topological polar surface area (TPSA) is 94.6 Å². The van der Waals surface area contributed by atoms with Gasteiger partial charge in [-0.05, 0) is 50.6 Å². The summed E-state index contributed by atoms with van der Waals surface area (Å²) in [7, 11) is -3.27. The molecule has 7 nitrogen and oxygen atoms in total. The van der Waals surface area contributed by atoms with Gasteiger partial charge in [0.05, 0.1) is 16.6 Å². The summed E-state index contributed by atoms with van der Waals surface area (Å²) >= 11 is 0. The number of allylic oxidation sites excluding steroid dienone is 3. The lowest BCUT2D eigenvalue weighted by atomic mass is 9.89. The molecule has 3 atom stereocenters. The van der Waals surface area contributed by atoms with Gasteiger partial charge in [-0.1, -0.05) is 26.0 Å². The summed E-state index contributed by atoms with van der Waals surface area (Å²) in [5, 5.41) is 2.88. The van der Waals surface area contributed by atoms with Gasteiger partial charge in [0.1, 0.15) is 29.0 Å². The van der Waals surface area contributed by atoms with E-state index in [4.69, 9.17) is 9.47 Å². The first-order chi connectivity index (χ1) is 16.0. The highest BCUT2D eigenvalue weighted by molar-refractivity contribution is 7.95. The number of fused-ring (bicyclic) bond motifs is 1. The third-order valence-corrected chi connectivity index (χ3v) is 8.04. The smallest absolute Gasteiger partial charge is 0.233 e. The van der Waals surface area contributed by atoms with Crippen LogP contribution < -0.4 is 5.32 Å². The normalized spacial score (nSPS) is 25.7. The molecule has 2 aliphatic carbocycles. The summed E-state index contributed by atoms with van der Waals surface area (Å²) in [5.41, 5.74) is 1.59. The van der Waals surface area contributed by atoms with E-state index >= 15 is 0 Å². The predicted octanol–water partition coefficient (Wildman–Crippen LogP) is 4.60. The Kier molecular flexibility index (Phi) is 6.46. The minimum Gasteiger partial charge on any atom is -0.490 e. The molecular formula is C26H32N2O5S. The molecule has 0 radical (unpaired) electrons. The van der Waals surface area contributed by atoms with Crippen molar-refractivity contribution in [3.8, 4) is 0 Å². The molecular weight excluding hydrogens is 452 g/mol. The largest absolute Gasteiger partial charge is 0.490 e. The number of anilines is 1. The van der Waals surface area contributed by atoms with Crippen molar-refractivity contribution >= 4 is 21.6 Å². The minimum absolute atomic E-state index is 0.0595. The van der Waals surface area contributed by atoms with E-state index in [1.165, 1.54) is 0 Å². The first-order valence-electron chi connectivity index (χ1n) is 11.6. The van der Waals surface area contributed by atoms with Crippen LogP contribution in [0.4, 0.5) is 5.82 Å². The standard InChI is InChI=1S/C26H32N2O5S/c1-6-34(30,31)19-8-9-21(17(3)11-19)32-22-12-18(13-23-20(22)14-26(4,5)33-23)25(29)28-24-10-7-16(2)15-27-24/h7-11,13,15,17-18,21H,6,12,14H2,1-5H3,(H,27,28,29). The lowest BCUT2D eigenvalue weighted by molar-refractivity contribution is -0.119. The summed E-state index contributed by atoms with van der Waals surface area (Å²) in [6.07, 6.45) is 9.49. The number of nitrogens with one attached hydrogen (secondary N) is 1. The van der Waals surface area contributed by atoms with Crippen LogP contribution >= 0.6 is 0 Å². The van der Waals surface area contributed by atoms with Gasteiger partial charge in [-0.15, -0.1) is 0 Å². The van der Waals surface area contributed by atoms with Crippen molar-refractivity contribution < 1.29 is 22.7 Å². The number of nitrogens with zero attached hydrogens (tertiary/aromatic N) is 1. The monoisotopic (exact) mass is 484 g/mol. The Morgan fingerprint density at radius 1 is 1.29 bits per heavy atom. The third kappa shape index (κ3) is 5.12. The first kappa shape index (κ1) is 24.3. The summed E-state index contributed by atoms with van der Waals surface area (Å²) < 4.78 is 37.1. The van der Waals surface area contributed by atoms with E-state index in [0.29, 0.717) is 29.3 Å². The maximum Gasteiger partial charge on any atom is 0.233 e. The van der Waals surface area contributed by atoms with Crippen LogP contribution in [0.1, 0.15) is 46.1 Å². The number of pyridine rings is 1. The highest BCUT2D eigenvalue weighted by Gasteiger charge is 2.40. The predicted molar refractivity (Wildman–Crippen MR) is 131 cm³/mol. The van der Waals surface area contributed by atoms with Crippen LogP contribution in [0.25, 0.3) is 0 Å². The number of sulfone groups is 1. The molecule has 1 aliphatic heterocycles. The van der Waals surface area contributed by atoms with Gasteiger partial charge in [0.25, 0.3) is 0 Å². The van der Waals surface area contributed by atoms with Gasteiger partial charge >= 0.3 is 0 Å². The van der Waals surface area contributed by atoms with Gasteiger partial charge < -0.3 is 14.8 Å². The molecule has 1 aromatic heterocycles. The van der Waals surface area contributed by atoms with Crippen LogP contribution in [0.5, 0.6) is 0 Å². The van der Waals surface area contributed by atoms with Crippen LogP contribution in [0.2, 0.25) is 0 Å². The number of amides is 1. The van der Waals surface area contributed by atoms with Gasteiger partial charge in [-0.3, -0.25) is 4.79 Å². The Morgan fingerprint density at radius 3 is 2.71 bits per heavy atom. The Morgan fingerprint density at radius 2 is 2.06 bits per heavy atom. The lowest BCUT2D eigenvalue weighted by Gasteiger charge is -2.29. The van der Waals surface area contributed by atoms with Crippen molar-refractivity contribution in [2.75, 3.05) is 11.1 Å². The quantitative estimate of drug-likeness (QED) is 0.634. The molecule has 1 N–H and O–H groups in total. The van der Waals surface area contributed by atoms with Crippen molar-refractivity contribution in [3.05, 3.63) is 70.2 Å². The molecule has 182 valence electrons. The van der Waals surface area contributed by atoms with Gasteiger partial charge in [-0.25, -0.2) is 13.4 Å². The number of carbonyl (C=O) groups is 1. The second-order valence-electron chi connectivity index (χ2n) is 9.76. The molecule has 2 heterocycles. The summed E-state index contributed by atoms with van der Waals surface area (Å²) in [5.74, 6) is 1.17. The molecule has 1 amide bonds. The second-order valence-corrected chi connectivity index (χ2v) is 12.0. The highest BCUT2D eigenvalue weighted by atomic mass is 32.2. The maximum absolute atomic E-state index is 13.1. The van der Waals surface area contributed by atoms with Crippen LogP contribution in [0.15, 0.2) is 64.6 Å². The molecule has 3 unspecified atom stereocenters. The molecule has 0 aromatic carbocycles. The number of carbonyl (C=O) groups excluding carboxylic acids is 1. The molecule has 1 fully saturated rings. The average molecular weight is 485 g/mol. The molecule has 8 heteroatoms. The number of hydrogen-bond donors (Lipinski definition) is 1. The van der Waals surface area contributed by atoms with Gasteiger partial charge in [0.2, 0.25) is 5.91 Å². The summed E-state index contributed by atoms with van der Waals surface area (Å²) in [4.78, 5) is 17.7. The zero-order valence-corrected chi connectivity index (χ0v) is 21.1. The fourth-order valence-electron chi connectivity index (χ4n) is 4.35. The number of hydrogen-bond acceptors (Lipinski definition) is 6. The Bertz CT molecular complexity index is 1210. The lowest BCUT2D eigenvalue weighted by Crippen LogP contribution is -2.28. The Hall–Kier alpha value is -2.87. The van der Waals surface area contributed by atoms with Crippen molar-refractivity contribution in [2.45, 2.75) is 59.2 Å². The van der Waals surface area contributed by atoms with Crippen molar-refractivity contribution in [2.24, 2.45) is 11.8 Å². The van der Waals surface area contributed by atoms with Crippen molar-refractivity contribution in [1.29, 1.82) is 0 Å². The molecule has 0 saturated carbocycles. The van der Waals surface area contributed by atoms with E-state index in [1.54, 1.807) is 37.4 Å². The van der Waals surface area contributed by atoms with Crippen molar-refractivity contribution in [3.63, 3.8) is 0 Å². The van der Waals surface area contributed by atoms with Crippen molar-refractivity contribution in [1.82, 2.24) is 4.98 Å². The summed E-state index contributed by atoms with van der Waals surface area (Å²) in [6, 6.07) is 3.67. The number of aryl methyl sites for hydroxylation is 1. The molecule has 3 aliphatic rings. The molecule has 0 bridgehead atoms. The van der Waals surface area contributed by atoms with Crippen LogP contribution in [0, 0.1) is 18.8 Å². The van der Waals surface area contributed by atoms with Crippen LogP contribution in [-0.2, 0) is 24.1 Å². The average Bonchev–Trinajstić information content (AvgIpc) is 3.10. The molecule has 4 rings (SSSR count). The number of aromatic nitrogens is 1. The Balaban J connectivity index is 1.55. The molecule has 0 spiro atoms. The molecule has 34 heavy (non-hydrogen) atoms. The number of ether oxygens (including phenoxy) is 2. The van der Waals surface area contributed by atoms with Crippen LogP contribution in [0.3, 0.4) is 0 Å². The highest BCUT2D eigenvalue weighted by Crippen LogP contribution is 2.44.